The topological polar surface area (TPSA) is 0 Å². The third-order valence-electron chi connectivity index (χ3n) is 4.08. The highest BCUT2D eigenvalue weighted by Gasteiger charge is 2.31. The maximum atomic E-state index is 13.9. The van der Waals surface area contributed by atoms with Crippen molar-refractivity contribution in [1.29, 1.82) is 0 Å². The Bertz CT molecular complexity index is 221. The van der Waals surface area contributed by atoms with Crippen molar-refractivity contribution in [1.82, 2.24) is 0 Å². The van der Waals surface area contributed by atoms with Crippen molar-refractivity contribution in [2.75, 3.05) is 0 Å². The molecule has 1 aliphatic carbocycles. The molecule has 0 spiro atoms. The Hall–Kier alpha value is -0.330. The molecule has 1 fully saturated rings. The molecule has 4 unspecified atom stereocenters. The molecule has 1 heteroatoms. The third kappa shape index (κ3) is 4.27. The first-order valence-corrected chi connectivity index (χ1v) is 6.79. The highest BCUT2D eigenvalue weighted by molar-refractivity contribution is 4.88. The lowest BCUT2D eigenvalue weighted by Gasteiger charge is -2.34. The van der Waals surface area contributed by atoms with E-state index >= 15 is 0 Å². The van der Waals surface area contributed by atoms with Crippen LogP contribution in [-0.2, 0) is 0 Å². The van der Waals surface area contributed by atoms with Gasteiger partial charge in [0.2, 0.25) is 0 Å². The summed E-state index contributed by atoms with van der Waals surface area (Å²) in [6.45, 7) is 10.4. The van der Waals surface area contributed by atoms with Crippen molar-refractivity contribution in [2.24, 2.45) is 17.8 Å². The highest BCUT2D eigenvalue weighted by atomic mass is 19.1. The SMILES string of the molecule is C=C(C)CCCC(C)C1CCC(C)CC1F. The van der Waals surface area contributed by atoms with Crippen LogP contribution in [0.1, 0.15) is 59.3 Å². The first kappa shape index (κ1) is 13.7. The predicted molar refractivity (Wildman–Crippen MR) is 69.2 cm³/mol. The van der Waals surface area contributed by atoms with E-state index in [4.69, 9.17) is 0 Å². The molecule has 0 aromatic heterocycles. The summed E-state index contributed by atoms with van der Waals surface area (Å²) in [5, 5.41) is 0. The van der Waals surface area contributed by atoms with Crippen LogP contribution in [0.2, 0.25) is 0 Å². The van der Waals surface area contributed by atoms with Gasteiger partial charge in [0.05, 0.1) is 0 Å². The maximum absolute atomic E-state index is 13.9. The molecule has 0 saturated heterocycles. The van der Waals surface area contributed by atoms with Gasteiger partial charge in [-0.2, -0.15) is 0 Å². The molecule has 0 aromatic rings. The van der Waals surface area contributed by atoms with Crippen molar-refractivity contribution < 1.29 is 4.39 Å². The molecule has 1 saturated carbocycles. The third-order valence-corrected chi connectivity index (χ3v) is 4.08. The summed E-state index contributed by atoms with van der Waals surface area (Å²) in [5.74, 6) is 1.46. The second-order valence-corrected chi connectivity index (χ2v) is 5.92. The molecule has 0 heterocycles. The van der Waals surface area contributed by atoms with Gasteiger partial charge in [-0.05, 0) is 50.4 Å². The monoisotopic (exact) mass is 226 g/mol. The first-order valence-electron chi connectivity index (χ1n) is 6.79. The van der Waals surface area contributed by atoms with Crippen molar-refractivity contribution in [3.63, 3.8) is 0 Å². The molecule has 1 aliphatic rings. The van der Waals surface area contributed by atoms with Crippen molar-refractivity contribution in [3.05, 3.63) is 12.2 Å². The van der Waals surface area contributed by atoms with E-state index in [0.29, 0.717) is 17.8 Å². The highest BCUT2D eigenvalue weighted by Crippen LogP contribution is 2.37. The van der Waals surface area contributed by atoms with Crippen LogP contribution in [0.4, 0.5) is 4.39 Å². The van der Waals surface area contributed by atoms with E-state index < -0.39 is 6.17 Å². The van der Waals surface area contributed by atoms with Crippen LogP contribution in [0.25, 0.3) is 0 Å². The normalized spacial score (nSPS) is 32.4. The molecule has 16 heavy (non-hydrogen) atoms. The van der Waals surface area contributed by atoms with Crippen LogP contribution >= 0.6 is 0 Å². The lowest BCUT2D eigenvalue weighted by atomic mass is 9.74. The first-order chi connectivity index (χ1) is 7.50. The maximum Gasteiger partial charge on any atom is 0.103 e. The van der Waals surface area contributed by atoms with E-state index in [0.717, 1.165) is 25.7 Å². The van der Waals surface area contributed by atoms with E-state index in [2.05, 4.69) is 27.4 Å². The van der Waals surface area contributed by atoms with Crippen LogP contribution in [-0.4, -0.2) is 6.17 Å². The van der Waals surface area contributed by atoms with Gasteiger partial charge in [-0.3, -0.25) is 0 Å². The van der Waals surface area contributed by atoms with Crippen molar-refractivity contribution in [2.45, 2.75) is 65.5 Å². The van der Waals surface area contributed by atoms with Crippen LogP contribution in [0.5, 0.6) is 0 Å². The molecule has 0 radical (unpaired) electrons. The van der Waals surface area contributed by atoms with Gasteiger partial charge in [0.15, 0.2) is 0 Å². The smallest absolute Gasteiger partial charge is 0.103 e. The predicted octanol–water partition coefficient (Wildman–Crippen LogP) is 5.14. The summed E-state index contributed by atoms with van der Waals surface area (Å²) >= 11 is 0. The molecular formula is C15H27F. The summed E-state index contributed by atoms with van der Waals surface area (Å²) in [7, 11) is 0. The van der Waals surface area contributed by atoms with Gasteiger partial charge >= 0.3 is 0 Å². The molecule has 0 aliphatic heterocycles. The number of halogens is 1. The van der Waals surface area contributed by atoms with Gasteiger partial charge in [-0.25, -0.2) is 4.39 Å². The Kier molecular flexibility index (Phi) is 5.51. The molecule has 1 rings (SSSR count). The fourth-order valence-electron chi connectivity index (χ4n) is 2.92. The zero-order valence-corrected chi connectivity index (χ0v) is 11.1. The molecule has 94 valence electrons. The van der Waals surface area contributed by atoms with Crippen LogP contribution in [0.15, 0.2) is 12.2 Å². The Morgan fingerprint density at radius 2 is 2.12 bits per heavy atom. The van der Waals surface area contributed by atoms with Gasteiger partial charge < -0.3 is 0 Å². The van der Waals surface area contributed by atoms with Gasteiger partial charge in [-0.1, -0.05) is 32.3 Å². The number of hydrogen-bond donors (Lipinski definition) is 0. The minimum absolute atomic E-state index is 0.321. The fraction of sp³-hybridized carbons (Fsp3) is 0.867. The largest absolute Gasteiger partial charge is 0.247 e. The number of hydrogen-bond acceptors (Lipinski definition) is 0. The Labute approximate surface area is 100 Å². The molecule has 0 nitrogen and oxygen atoms in total. The van der Waals surface area contributed by atoms with E-state index in [9.17, 15) is 4.39 Å². The minimum Gasteiger partial charge on any atom is -0.247 e. The van der Waals surface area contributed by atoms with E-state index in [1.165, 1.54) is 18.4 Å². The summed E-state index contributed by atoms with van der Waals surface area (Å²) in [6.07, 6.45) is 5.98. The average Bonchev–Trinajstić information content (AvgIpc) is 2.16. The number of allylic oxidation sites excluding steroid dienone is 1. The number of alkyl halides is 1. The molecule has 0 bridgehead atoms. The molecular weight excluding hydrogens is 199 g/mol. The van der Waals surface area contributed by atoms with Crippen molar-refractivity contribution >= 4 is 0 Å². The second-order valence-electron chi connectivity index (χ2n) is 5.92. The van der Waals surface area contributed by atoms with Crippen LogP contribution in [0, 0.1) is 17.8 Å². The lowest BCUT2D eigenvalue weighted by Crippen LogP contribution is -2.29. The summed E-state index contributed by atoms with van der Waals surface area (Å²) in [4.78, 5) is 0. The van der Waals surface area contributed by atoms with Gasteiger partial charge in [0, 0.05) is 0 Å². The molecule has 0 amide bonds. The molecule has 4 atom stereocenters. The zero-order chi connectivity index (χ0) is 12.1. The summed E-state index contributed by atoms with van der Waals surface area (Å²) < 4.78 is 13.9. The Balaban J connectivity index is 2.30. The standard InChI is InChI=1S/C15H27F/c1-11(2)6-5-7-13(4)14-9-8-12(3)10-15(14)16/h12-15H,1,5-10H2,2-4H3. The number of rotatable bonds is 5. The summed E-state index contributed by atoms with van der Waals surface area (Å²) in [6, 6.07) is 0. The molecule has 0 aromatic carbocycles. The van der Waals surface area contributed by atoms with E-state index in [1.54, 1.807) is 0 Å². The fourth-order valence-corrected chi connectivity index (χ4v) is 2.92. The van der Waals surface area contributed by atoms with Crippen LogP contribution in [0.3, 0.4) is 0 Å². The quantitative estimate of drug-likeness (QED) is 0.569. The van der Waals surface area contributed by atoms with Gasteiger partial charge in [0.1, 0.15) is 6.17 Å². The second kappa shape index (κ2) is 6.42. The Morgan fingerprint density at radius 3 is 2.69 bits per heavy atom. The van der Waals surface area contributed by atoms with Crippen LogP contribution < -0.4 is 0 Å². The molecule has 0 N–H and O–H groups in total. The lowest BCUT2D eigenvalue weighted by molar-refractivity contribution is 0.0898. The minimum atomic E-state index is -0.552. The van der Waals surface area contributed by atoms with E-state index in [-0.39, 0.29) is 0 Å². The van der Waals surface area contributed by atoms with E-state index in [1.807, 2.05) is 0 Å². The average molecular weight is 226 g/mol. The van der Waals surface area contributed by atoms with Gasteiger partial charge in [0.25, 0.3) is 0 Å². The summed E-state index contributed by atoms with van der Waals surface area (Å²) in [5.41, 5.74) is 1.25. The van der Waals surface area contributed by atoms with Crippen molar-refractivity contribution in [3.8, 4) is 0 Å². The Morgan fingerprint density at radius 1 is 1.44 bits per heavy atom. The van der Waals surface area contributed by atoms with Gasteiger partial charge in [-0.15, -0.1) is 6.58 Å². The zero-order valence-electron chi connectivity index (χ0n) is 11.1.